The van der Waals surface area contributed by atoms with Crippen LogP contribution >= 0.6 is 11.6 Å². The number of nitrogens with zero attached hydrogens (tertiary/aromatic N) is 2. The maximum atomic E-state index is 13.4. The molecule has 1 fully saturated rings. The molecule has 218 valence electrons. The first-order valence-electron chi connectivity index (χ1n) is 14.3. The fraction of sp³-hybridized carbons (Fsp3) is 0.242. The molecule has 9 nitrogen and oxygen atoms in total. The van der Waals surface area contributed by atoms with Gasteiger partial charge in [-0.25, -0.2) is 0 Å². The van der Waals surface area contributed by atoms with Crippen molar-refractivity contribution in [2.75, 3.05) is 41.8 Å². The molecule has 7 rings (SSSR count). The van der Waals surface area contributed by atoms with Crippen LogP contribution in [0.4, 0.5) is 17.1 Å². The molecule has 1 saturated heterocycles. The van der Waals surface area contributed by atoms with Crippen molar-refractivity contribution in [3.8, 4) is 11.5 Å². The van der Waals surface area contributed by atoms with E-state index >= 15 is 0 Å². The number of amides is 2. The summed E-state index contributed by atoms with van der Waals surface area (Å²) in [5, 5.41) is 6.28. The molecule has 0 aliphatic carbocycles. The van der Waals surface area contributed by atoms with Crippen LogP contribution in [-0.2, 0) is 6.54 Å². The second-order valence-electron chi connectivity index (χ2n) is 11.1. The summed E-state index contributed by atoms with van der Waals surface area (Å²) in [6.45, 7) is 2.98. The molecule has 2 N–H and O–H groups in total. The number of carbonyl (C=O) groups excluding carboxylic acids is 2. The Morgan fingerprint density at radius 1 is 0.814 bits per heavy atom. The van der Waals surface area contributed by atoms with Crippen LogP contribution in [0.3, 0.4) is 0 Å². The van der Waals surface area contributed by atoms with E-state index in [9.17, 15) is 14.4 Å². The van der Waals surface area contributed by atoms with Gasteiger partial charge < -0.3 is 29.6 Å². The number of hydrogen-bond acceptors (Lipinski definition) is 6. The summed E-state index contributed by atoms with van der Waals surface area (Å²) in [6.07, 6.45) is 0.997. The van der Waals surface area contributed by atoms with Crippen LogP contribution < -0.4 is 30.6 Å². The number of anilines is 3. The fourth-order valence-electron chi connectivity index (χ4n) is 6.31. The number of pyridine rings is 1. The van der Waals surface area contributed by atoms with E-state index in [2.05, 4.69) is 15.5 Å². The largest absolute Gasteiger partial charge is 0.486 e. The van der Waals surface area contributed by atoms with E-state index in [0.29, 0.717) is 65.3 Å². The van der Waals surface area contributed by atoms with Gasteiger partial charge in [0.25, 0.3) is 17.4 Å². The van der Waals surface area contributed by atoms with Gasteiger partial charge in [-0.05, 0) is 60.9 Å². The molecule has 3 aliphatic rings. The molecule has 3 aromatic carbocycles. The Hall–Kier alpha value is -4.76. The molecule has 2 bridgehead atoms. The lowest BCUT2D eigenvalue weighted by molar-refractivity contribution is 0.101. The molecule has 2 atom stereocenters. The second kappa shape index (κ2) is 11.1. The van der Waals surface area contributed by atoms with Gasteiger partial charge >= 0.3 is 0 Å². The van der Waals surface area contributed by atoms with E-state index in [1.165, 1.54) is 0 Å². The van der Waals surface area contributed by atoms with Crippen LogP contribution in [0.2, 0.25) is 5.02 Å². The molecule has 3 aliphatic heterocycles. The molecule has 2 amide bonds. The summed E-state index contributed by atoms with van der Waals surface area (Å²) >= 11 is 6.34. The van der Waals surface area contributed by atoms with E-state index < -0.39 is 0 Å². The Balaban J connectivity index is 1.20. The van der Waals surface area contributed by atoms with E-state index in [0.717, 1.165) is 24.3 Å². The third-order valence-electron chi connectivity index (χ3n) is 8.25. The van der Waals surface area contributed by atoms with Crippen LogP contribution in [0, 0.1) is 5.92 Å². The van der Waals surface area contributed by atoms with Crippen molar-refractivity contribution in [2.45, 2.75) is 18.9 Å². The highest BCUT2D eigenvalue weighted by atomic mass is 35.5. The lowest BCUT2D eigenvalue weighted by Crippen LogP contribution is -2.47. The lowest BCUT2D eigenvalue weighted by Gasteiger charge is -2.44. The number of benzene rings is 3. The zero-order chi connectivity index (χ0) is 29.5. The predicted octanol–water partition coefficient (Wildman–Crippen LogP) is 5.40. The second-order valence-corrected chi connectivity index (χ2v) is 11.5. The molecule has 43 heavy (non-hydrogen) atoms. The third kappa shape index (κ3) is 5.32. The van der Waals surface area contributed by atoms with Crippen molar-refractivity contribution in [1.29, 1.82) is 0 Å². The number of piperidine rings is 1. The molecule has 0 spiro atoms. The molecule has 0 radical (unpaired) electrons. The normalized spacial score (nSPS) is 18.4. The van der Waals surface area contributed by atoms with Crippen LogP contribution in [0.15, 0.2) is 83.7 Å². The van der Waals surface area contributed by atoms with Crippen molar-refractivity contribution in [3.05, 3.63) is 111 Å². The highest BCUT2D eigenvalue weighted by molar-refractivity contribution is 6.34. The first kappa shape index (κ1) is 27.1. The number of hydrogen-bond donors (Lipinski definition) is 2. The quantitative estimate of drug-likeness (QED) is 0.320. The number of halogens is 1. The van der Waals surface area contributed by atoms with Gasteiger partial charge in [-0.15, -0.1) is 0 Å². The SMILES string of the molecule is O=C(Nc1ccc2c(c1)OCCO2)c1ccc(N2CC3CC(C2)c2cccc(=O)n2C3)c(NC(=O)c2ccccc2Cl)c1. The number of fused-ring (bicyclic) bond motifs is 5. The number of rotatable bonds is 5. The van der Waals surface area contributed by atoms with E-state index in [1.54, 1.807) is 60.7 Å². The number of carbonyl (C=O) groups is 2. The van der Waals surface area contributed by atoms with Crippen LogP contribution in [0.25, 0.3) is 0 Å². The van der Waals surface area contributed by atoms with Crippen molar-refractivity contribution in [2.24, 2.45) is 5.92 Å². The minimum absolute atomic E-state index is 0.0294. The maximum Gasteiger partial charge on any atom is 0.257 e. The van der Waals surface area contributed by atoms with Gasteiger partial charge in [0.1, 0.15) is 13.2 Å². The van der Waals surface area contributed by atoms with Gasteiger partial charge in [0.15, 0.2) is 11.5 Å². The Bertz CT molecular complexity index is 1800. The Labute approximate surface area is 253 Å². The Kier molecular flexibility index (Phi) is 7.02. The summed E-state index contributed by atoms with van der Waals surface area (Å²) in [5.74, 6) is 0.956. The topological polar surface area (TPSA) is 102 Å². The van der Waals surface area contributed by atoms with E-state index in [4.69, 9.17) is 21.1 Å². The summed E-state index contributed by atoms with van der Waals surface area (Å²) in [7, 11) is 0. The summed E-state index contributed by atoms with van der Waals surface area (Å²) in [4.78, 5) is 41.6. The fourth-order valence-corrected chi connectivity index (χ4v) is 6.53. The van der Waals surface area contributed by atoms with Crippen molar-refractivity contribution < 1.29 is 19.1 Å². The highest BCUT2D eigenvalue weighted by Crippen LogP contribution is 2.40. The lowest BCUT2D eigenvalue weighted by atomic mass is 9.83. The summed E-state index contributed by atoms with van der Waals surface area (Å²) in [6, 6.07) is 22.9. The number of ether oxygens (including phenoxy) is 2. The molecule has 1 aromatic heterocycles. The Morgan fingerprint density at radius 3 is 2.51 bits per heavy atom. The third-order valence-corrected chi connectivity index (χ3v) is 8.58. The van der Waals surface area contributed by atoms with Gasteiger partial charge in [-0.3, -0.25) is 14.4 Å². The van der Waals surface area contributed by atoms with Crippen LogP contribution in [0.5, 0.6) is 11.5 Å². The standard InChI is InChI=1S/C33H29ClN4O5/c34-25-5-2-1-4-24(25)33(41)36-26-15-21(32(40)35-23-9-11-29-30(16-23)43-13-12-42-29)8-10-28(26)37-17-20-14-22(19-37)27-6-3-7-31(39)38(27)18-20/h1-11,15-16,20,22H,12-14,17-19H2,(H,35,40)(H,36,41). The average Bonchev–Trinajstić information content (AvgIpc) is 3.01. The molecule has 10 heteroatoms. The zero-order valence-corrected chi connectivity index (χ0v) is 24.0. The van der Waals surface area contributed by atoms with Crippen molar-refractivity contribution in [1.82, 2.24) is 4.57 Å². The summed E-state index contributed by atoms with van der Waals surface area (Å²) in [5.41, 5.74) is 3.65. The van der Waals surface area contributed by atoms with Gasteiger partial charge in [0, 0.05) is 54.6 Å². The van der Waals surface area contributed by atoms with Gasteiger partial charge in [-0.1, -0.05) is 29.8 Å². The number of nitrogens with one attached hydrogen (secondary N) is 2. The zero-order valence-electron chi connectivity index (χ0n) is 23.2. The van der Waals surface area contributed by atoms with E-state index in [1.807, 2.05) is 22.8 Å². The monoisotopic (exact) mass is 596 g/mol. The first-order valence-corrected chi connectivity index (χ1v) is 14.7. The van der Waals surface area contributed by atoms with Gasteiger partial charge in [0.05, 0.1) is 22.0 Å². The minimum Gasteiger partial charge on any atom is -0.486 e. The molecule has 4 heterocycles. The Morgan fingerprint density at radius 2 is 1.65 bits per heavy atom. The van der Waals surface area contributed by atoms with E-state index in [-0.39, 0.29) is 29.2 Å². The highest BCUT2D eigenvalue weighted by Gasteiger charge is 2.35. The van der Waals surface area contributed by atoms with Crippen molar-refractivity contribution in [3.63, 3.8) is 0 Å². The maximum absolute atomic E-state index is 13.4. The van der Waals surface area contributed by atoms with Crippen molar-refractivity contribution >= 4 is 40.5 Å². The average molecular weight is 597 g/mol. The van der Waals surface area contributed by atoms with Gasteiger partial charge in [0.2, 0.25) is 0 Å². The van der Waals surface area contributed by atoms with Gasteiger partial charge in [-0.2, -0.15) is 0 Å². The van der Waals surface area contributed by atoms with Crippen LogP contribution in [0.1, 0.15) is 38.7 Å². The molecule has 4 aromatic rings. The molecule has 0 saturated carbocycles. The summed E-state index contributed by atoms with van der Waals surface area (Å²) < 4.78 is 13.1. The molecular weight excluding hydrogens is 568 g/mol. The minimum atomic E-state index is -0.370. The first-order chi connectivity index (χ1) is 20.9. The number of aromatic nitrogens is 1. The molecule has 2 unspecified atom stereocenters. The molecular formula is C33H29ClN4O5. The predicted molar refractivity (Wildman–Crippen MR) is 165 cm³/mol. The van der Waals surface area contributed by atoms with Crippen LogP contribution in [-0.4, -0.2) is 42.7 Å². The smallest absolute Gasteiger partial charge is 0.257 e.